The van der Waals surface area contributed by atoms with Crippen molar-refractivity contribution in [3.8, 4) is 6.07 Å². The summed E-state index contributed by atoms with van der Waals surface area (Å²) in [6.07, 6.45) is -4.73. The summed E-state index contributed by atoms with van der Waals surface area (Å²) >= 11 is 5.48. The molecule has 0 radical (unpaired) electrons. The molecule has 3 rings (SSSR count). The maximum atomic E-state index is 13.4. The van der Waals surface area contributed by atoms with E-state index >= 15 is 0 Å². The van der Waals surface area contributed by atoms with E-state index in [0.29, 0.717) is 5.69 Å². The van der Waals surface area contributed by atoms with Gasteiger partial charge in [0.05, 0.1) is 22.9 Å². The third-order valence-electron chi connectivity index (χ3n) is 4.77. The number of alkyl halides is 3. The van der Waals surface area contributed by atoms with E-state index < -0.39 is 28.7 Å². The quantitative estimate of drug-likeness (QED) is 0.742. The van der Waals surface area contributed by atoms with E-state index in [0.717, 1.165) is 22.7 Å². The van der Waals surface area contributed by atoms with Crippen molar-refractivity contribution in [3.05, 3.63) is 53.6 Å². The van der Waals surface area contributed by atoms with E-state index in [1.165, 1.54) is 12.1 Å². The second-order valence-corrected chi connectivity index (χ2v) is 7.32. The summed E-state index contributed by atoms with van der Waals surface area (Å²) in [5.41, 5.74) is -1.26. The van der Waals surface area contributed by atoms with Gasteiger partial charge in [0.2, 0.25) is 0 Å². The Morgan fingerprint density at radius 1 is 1.10 bits per heavy atom. The summed E-state index contributed by atoms with van der Waals surface area (Å²) < 4.78 is 40.1. The highest BCUT2D eigenvalue weighted by molar-refractivity contribution is 7.81. The van der Waals surface area contributed by atoms with Crippen LogP contribution < -0.4 is 15.1 Å². The second kappa shape index (κ2) is 7.04. The zero-order chi connectivity index (χ0) is 21.6. The highest BCUT2D eigenvalue weighted by atomic mass is 32.1. The van der Waals surface area contributed by atoms with Gasteiger partial charge < -0.3 is 10.2 Å². The molecule has 0 atom stereocenters. The largest absolute Gasteiger partial charge is 0.417 e. The lowest BCUT2D eigenvalue weighted by atomic mass is 10.0. The number of hydrogen-bond acceptors (Lipinski definition) is 4. The van der Waals surface area contributed by atoms with Gasteiger partial charge in [0.25, 0.3) is 5.91 Å². The second-order valence-electron chi connectivity index (χ2n) is 6.95. The first-order valence-corrected chi connectivity index (χ1v) is 9.01. The maximum absolute atomic E-state index is 13.4. The fourth-order valence-electron chi connectivity index (χ4n) is 3.24. The molecule has 1 aliphatic rings. The van der Waals surface area contributed by atoms with E-state index in [-0.39, 0.29) is 10.8 Å². The number of anilines is 3. The number of nitriles is 1. The Bertz CT molecular complexity index is 1030. The highest BCUT2D eigenvalue weighted by Crippen LogP contribution is 2.39. The predicted molar refractivity (Wildman–Crippen MR) is 109 cm³/mol. The van der Waals surface area contributed by atoms with E-state index in [2.05, 4.69) is 5.32 Å². The van der Waals surface area contributed by atoms with Gasteiger partial charge in [-0.2, -0.15) is 18.4 Å². The van der Waals surface area contributed by atoms with Crippen LogP contribution in [0.3, 0.4) is 0 Å². The lowest BCUT2D eigenvalue weighted by Gasteiger charge is -2.29. The van der Waals surface area contributed by atoms with Gasteiger partial charge in [-0.15, -0.1) is 0 Å². The number of carbonyl (C=O) groups is 1. The molecule has 2 aromatic rings. The summed E-state index contributed by atoms with van der Waals surface area (Å²) in [6.45, 7) is 3.31. The topological polar surface area (TPSA) is 59.4 Å². The van der Waals surface area contributed by atoms with Gasteiger partial charge in [-0.05, 0) is 68.5 Å². The van der Waals surface area contributed by atoms with E-state index in [1.54, 1.807) is 37.9 Å². The number of thiocarbonyl (C=S) groups is 1. The summed E-state index contributed by atoms with van der Waals surface area (Å²) in [5, 5.41) is 12.0. The molecule has 0 saturated carbocycles. The molecule has 0 bridgehead atoms. The zero-order valence-electron chi connectivity index (χ0n) is 15.8. The third kappa shape index (κ3) is 3.40. The smallest absolute Gasteiger partial charge is 0.388 e. The van der Waals surface area contributed by atoms with Crippen LogP contribution in [-0.4, -0.2) is 23.6 Å². The van der Waals surface area contributed by atoms with Crippen LogP contribution in [0.4, 0.5) is 30.2 Å². The van der Waals surface area contributed by atoms with Gasteiger partial charge in [0, 0.05) is 18.4 Å². The van der Waals surface area contributed by atoms with Gasteiger partial charge in [-0.3, -0.25) is 9.69 Å². The van der Waals surface area contributed by atoms with Gasteiger partial charge in [0.1, 0.15) is 5.54 Å². The number of nitrogens with zero attached hydrogens (tertiary/aromatic N) is 3. The van der Waals surface area contributed by atoms with Crippen molar-refractivity contribution in [2.75, 3.05) is 22.2 Å². The average Bonchev–Trinajstić information content (AvgIpc) is 2.85. The molecule has 1 aliphatic heterocycles. The van der Waals surface area contributed by atoms with Crippen molar-refractivity contribution in [3.63, 3.8) is 0 Å². The maximum Gasteiger partial charge on any atom is 0.417 e. The molecule has 9 heteroatoms. The number of amides is 1. The zero-order valence-corrected chi connectivity index (χ0v) is 16.6. The predicted octanol–water partition coefficient (Wildman–Crippen LogP) is 4.54. The monoisotopic (exact) mass is 418 g/mol. The first-order valence-electron chi connectivity index (χ1n) is 8.60. The molecule has 1 saturated heterocycles. The molecule has 29 heavy (non-hydrogen) atoms. The number of rotatable bonds is 3. The summed E-state index contributed by atoms with van der Waals surface area (Å²) in [6, 6.07) is 11.8. The fraction of sp³-hybridized carbons (Fsp3) is 0.250. The van der Waals surface area contributed by atoms with E-state index in [4.69, 9.17) is 17.5 Å². The van der Waals surface area contributed by atoms with E-state index in [1.807, 2.05) is 12.1 Å². The number of carbonyl (C=O) groups excluding carboxylic acids is 1. The highest BCUT2D eigenvalue weighted by Gasteiger charge is 2.50. The third-order valence-corrected chi connectivity index (χ3v) is 5.13. The molecule has 0 unspecified atom stereocenters. The molecule has 1 fully saturated rings. The molecule has 0 spiro atoms. The van der Waals surface area contributed by atoms with Crippen LogP contribution in [0.25, 0.3) is 0 Å². The minimum atomic E-state index is -4.73. The number of hydrogen-bond donors (Lipinski definition) is 1. The molecular weight excluding hydrogens is 401 g/mol. The Morgan fingerprint density at radius 2 is 1.69 bits per heavy atom. The van der Waals surface area contributed by atoms with Crippen LogP contribution >= 0.6 is 12.2 Å². The minimum Gasteiger partial charge on any atom is -0.388 e. The Hall–Kier alpha value is -3.12. The fourth-order valence-corrected chi connectivity index (χ4v) is 3.76. The van der Waals surface area contributed by atoms with Crippen LogP contribution in [0, 0.1) is 11.3 Å². The lowest BCUT2D eigenvalue weighted by molar-refractivity contribution is -0.137. The summed E-state index contributed by atoms with van der Waals surface area (Å²) in [4.78, 5) is 15.8. The minimum absolute atomic E-state index is 0.0336. The number of halogens is 3. The van der Waals surface area contributed by atoms with Crippen molar-refractivity contribution < 1.29 is 18.0 Å². The first-order chi connectivity index (χ1) is 13.5. The number of benzene rings is 2. The van der Waals surface area contributed by atoms with E-state index in [9.17, 15) is 18.0 Å². The van der Waals surface area contributed by atoms with Crippen molar-refractivity contribution >= 4 is 40.3 Å². The standard InChI is InChI=1S/C20H17F3N4OS/c1-19(2)17(28)26(15-7-4-12(11-24)16(10-15)20(21,22)23)18(29)27(19)14-8-5-13(25-3)6-9-14/h4-10,25H,1-3H3. The van der Waals surface area contributed by atoms with Crippen molar-refractivity contribution in [2.24, 2.45) is 0 Å². The molecule has 1 N–H and O–H groups in total. The normalized spacial score (nSPS) is 16.2. The van der Waals surface area contributed by atoms with Gasteiger partial charge >= 0.3 is 6.18 Å². The summed E-state index contributed by atoms with van der Waals surface area (Å²) in [7, 11) is 1.77. The Kier molecular flexibility index (Phi) is 5.01. The Morgan fingerprint density at radius 3 is 2.21 bits per heavy atom. The number of nitrogens with one attached hydrogen (secondary N) is 1. The molecule has 2 aromatic carbocycles. The molecule has 0 aliphatic carbocycles. The van der Waals surface area contributed by atoms with Crippen LogP contribution in [-0.2, 0) is 11.0 Å². The van der Waals surface area contributed by atoms with Crippen LogP contribution in [0.2, 0.25) is 0 Å². The van der Waals surface area contributed by atoms with Gasteiger partial charge in [-0.25, -0.2) is 0 Å². The van der Waals surface area contributed by atoms with Crippen LogP contribution in [0.1, 0.15) is 25.0 Å². The van der Waals surface area contributed by atoms with Crippen molar-refractivity contribution in [1.29, 1.82) is 5.26 Å². The van der Waals surface area contributed by atoms with Crippen molar-refractivity contribution in [2.45, 2.75) is 25.6 Å². The molecule has 5 nitrogen and oxygen atoms in total. The average molecular weight is 418 g/mol. The first kappa shape index (κ1) is 20.6. The SMILES string of the molecule is CNc1ccc(N2C(=S)N(c3ccc(C#N)c(C(F)(F)F)c3)C(=O)C2(C)C)cc1. The van der Waals surface area contributed by atoms with Crippen LogP contribution in [0.15, 0.2) is 42.5 Å². The summed E-state index contributed by atoms with van der Waals surface area (Å²) in [5.74, 6) is -0.460. The van der Waals surface area contributed by atoms with Crippen molar-refractivity contribution in [1.82, 2.24) is 0 Å². The van der Waals surface area contributed by atoms with Gasteiger partial charge in [0.15, 0.2) is 5.11 Å². The lowest BCUT2D eigenvalue weighted by Crippen LogP contribution is -2.44. The molecule has 1 heterocycles. The Balaban J connectivity index is 2.09. The molecule has 150 valence electrons. The molecule has 0 aromatic heterocycles. The molecular formula is C20H17F3N4OS. The van der Waals surface area contributed by atoms with Crippen LogP contribution in [0.5, 0.6) is 0 Å². The Labute approximate surface area is 171 Å². The van der Waals surface area contributed by atoms with Gasteiger partial charge in [-0.1, -0.05) is 0 Å². The molecule has 1 amide bonds.